The number of nitrogens with one attached hydrogen (secondary N) is 1. The summed E-state index contributed by atoms with van der Waals surface area (Å²) in [6, 6.07) is -1.55. The van der Waals surface area contributed by atoms with Crippen molar-refractivity contribution in [2.75, 3.05) is 4.72 Å². The number of thiol groups is 1. The predicted octanol–water partition coefficient (Wildman–Crippen LogP) is 6.57. The second-order valence-electron chi connectivity index (χ2n) is 6.31. The molecule has 0 atom stereocenters. The maximum absolute atomic E-state index is 8.44. The summed E-state index contributed by atoms with van der Waals surface area (Å²) >= 11 is 4.22. The van der Waals surface area contributed by atoms with E-state index in [-0.39, 0.29) is 22.3 Å². The smallest absolute Gasteiger partial charge is 0.0629 e. The normalized spacial score (nSPS) is 17.2. The van der Waals surface area contributed by atoms with Gasteiger partial charge in [0.2, 0.25) is 0 Å². The molecule has 0 amide bonds. The second kappa shape index (κ2) is 6.74. The third-order valence-electron chi connectivity index (χ3n) is 3.62. The van der Waals surface area contributed by atoms with Gasteiger partial charge in [-0.3, -0.25) is 0 Å². The van der Waals surface area contributed by atoms with Gasteiger partial charge in [-0.15, -0.1) is 0 Å². The Morgan fingerprint density at radius 3 is 1.83 bits per heavy atom. The van der Waals surface area contributed by atoms with Crippen LogP contribution in [0.4, 0.5) is 5.69 Å². The Kier molecular flexibility index (Phi) is 2.32. The van der Waals surface area contributed by atoms with E-state index in [4.69, 9.17) is 13.7 Å². The van der Waals surface area contributed by atoms with Crippen LogP contribution in [0.15, 0.2) is 72.6 Å². The summed E-state index contributed by atoms with van der Waals surface area (Å²) in [6.45, 7) is 5.69. The van der Waals surface area contributed by atoms with Crippen LogP contribution >= 0.6 is 12.8 Å². The molecule has 0 aromatic heterocycles. The van der Waals surface area contributed by atoms with Crippen LogP contribution in [0.1, 0.15) is 40.0 Å². The van der Waals surface area contributed by atoms with Crippen LogP contribution in [-0.2, 0) is 5.41 Å². The average Bonchev–Trinajstić information content (AvgIpc) is 2.78. The fourth-order valence-electron chi connectivity index (χ4n) is 2.47. The standard InChI is InChI=1S/C22H23NS/c1-22(2,3)20-15-18(16-10-6-4-7-11-16)14-19(21(20)23-24)17-12-8-5-9-13-17/h4-15,23-24H,1-3H3/i4D,5D,6D,7D,8D,9D,10D,11D,12D,13D. The predicted molar refractivity (Wildman–Crippen MR) is 109 cm³/mol. The van der Waals surface area contributed by atoms with Crippen molar-refractivity contribution >= 4 is 18.5 Å². The molecule has 3 aromatic carbocycles. The lowest BCUT2D eigenvalue weighted by Gasteiger charge is -2.26. The van der Waals surface area contributed by atoms with Crippen molar-refractivity contribution in [3.05, 3.63) is 78.1 Å². The molecule has 0 saturated carbocycles. The van der Waals surface area contributed by atoms with Crippen LogP contribution < -0.4 is 4.72 Å². The zero-order chi connectivity index (χ0) is 25.9. The summed E-state index contributed by atoms with van der Waals surface area (Å²) in [5.41, 5.74) is 0.811. The quantitative estimate of drug-likeness (QED) is 0.512. The Hall–Kier alpha value is -2.19. The minimum absolute atomic E-state index is 0.0455. The molecular weight excluding hydrogens is 310 g/mol. The van der Waals surface area contributed by atoms with Gasteiger partial charge in [-0.1, -0.05) is 94.0 Å². The number of anilines is 1. The molecule has 1 nitrogen and oxygen atoms in total. The summed E-state index contributed by atoms with van der Waals surface area (Å²) in [5, 5.41) is 0. The van der Waals surface area contributed by atoms with E-state index in [2.05, 4.69) is 17.5 Å². The molecule has 0 aliphatic carbocycles. The molecule has 0 unspecified atom stereocenters. The molecule has 0 heterocycles. The largest absolute Gasteiger partial charge is 0.332 e. The van der Waals surface area contributed by atoms with Gasteiger partial charge in [0.05, 0.1) is 19.4 Å². The molecule has 24 heavy (non-hydrogen) atoms. The molecule has 0 aliphatic heterocycles. The first-order valence-electron chi connectivity index (χ1n) is 12.4. The van der Waals surface area contributed by atoms with Crippen LogP contribution in [0.2, 0.25) is 0 Å². The van der Waals surface area contributed by atoms with E-state index in [9.17, 15) is 0 Å². The highest BCUT2D eigenvalue weighted by Crippen LogP contribution is 2.41. The van der Waals surface area contributed by atoms with Crippen LogP contribution in [-0.4, -0.2) is 0 Å². The van der Waals surface area contributed by atoms with E-state index in [0.29, 0.717) is 11.3 Å². The lowest BCUT2D eigenvalue weighted by molar-refractivity contribution is 0.593. The lowest BCUT2D eigenvalue weighted by atomic mass is 9.81. The SMILES string of the molecule is [2H]c1c([2H])c([2H])c(-c2cc(-c3c([2H])c([2H])c([2H])c([2H])c3[2H])c(NS)c(C(C)(C)C)c2)c([2H])c1[2H]. The molecule has 1 N–H and O–H groups in total. The van der Waals surface area contributed by atoms with Gasteiger partial charge < -0.3 is 4.72 Å². The number of hydrogen-bond donors (Lipinski definition) is 2. The third-order valence-corrected chi connectivity index (χ3v) is 3.84. The average molecular weight is 344 g/mol. The van der Waals surface area contributed by atoms with E-state index in [1.165, 1.54) is 6.07 Å². The zero-order valence-corrected chi connectivity index (χ0v) is 14.5. The van der Waals surface area contributed by atoms with Gasteiger partial charge in [0.15, 0.2) is 0 Å². The molecule has 0 spiro atoms. The molecule has 2 heteroatoms. The van der Waals surface area contributed by atoms with Gasteiger partial charge in [-0.2, -0.15) is 0 Å². The van der Waals surface area contributed by atoms with Gasteiger partial charge in [-0.05, 0) is 39.8 Å². The molecule has 0 bridgehead atoms. The lowest BCUT2D eigenvalue weighted by Crippen LogP contribution is -2.14. The summed E-state index contributed by atoms with van der Waals surface area (Å²) in [5.74, 6) is 0. The summed E-state index contributed by atoms with van der Waals surface area (Å²) in [4.78, 5) is 0. The molecule has 122 valence electrons. The molecule has 3 aromatic rings. The fourth-order valence-corrected chi connectivity index (χ4v) is 2.72. The number of rotatable bonds is 3. The first kappa shape index (κ1) is 8.26. The maximum atomic E-state index is 8.44. The number of hydrogen-bond acceptors (Lipinski definition) is 2. The van der Waals surface area contributed by atoms with E-state index in [0.717, 1.165) is 0 Å². The van der Waals surface area contributed by atoms with Crippen LogP contribution in [0.5, 0.6) is 0 Å². The van der Waals surface area contributed by atoms with E-state index >= 15 is 0 Å². The molecule has 0 fully saturated rings. The highest BCUT2D eigenvalue weighted by Gasteiger charge is 2.22. The molecule has 0 radical (unpaired) electrons. The van der Waals surface area contributed by atoms with Gasteiger partial charge in [-0.25, -0.2) is 0 Å². The Morgan fingerprint density at radius 2 is 1.33 bits per heavy atom. The van der Waals surface area contributed by atoms with Crippen LogP contribution in [0.25, 0.3) is 22.3 Å². The van der Waals surface area contributed by atoms with Gasteiger partial charge in [0, 0.05) is 5.56 Å². The first-order valence-corrected chi connectivity index (χ1v) is 7.83. The highest BCUT2D eigenvalue weighted by atomic mass is 32.1. The summed E-state index contributed by atoms with van der Waals surface area (Å²) in [7, 11) is 0. The van der Waals surface area contributed by atoms with Gasteiger partial charge in [0.25, 0.3) is 0 Å². The van der Waals surface area contributed by atoms with Gasteiger partial charge in [0.1, 0.15) is 0 Å². The van der Waals surface area contributed by atoms with Crippen molar-refractivity contribution in [3.8, 4) is 22.3 Å². The van der Waals surface area contributed by atoms with Crippen LogP contribution in [0.3, 0.4) is 0 Å². The highest BCUT2D eigenvalue weighted by molar-refractivity contribution is 7.81. The van der Waals surface area contributed by atoms with Gasteiger partial charge >= 0.3 is 0 Å². The molecule has 3 rings (SSSR count). The maximum Gasteiger partial charge on any atom is 0.0629 e. The minimum atomic E-state index is -0.545. The van der Waals surface area contributed by atoms with Crippen molar-refractivity contribution in [3.63, 3.8) is 0 Å². The van der Waals surface area contributed by atoms with Crippen LogP contribution in [0, 0.1) is 0 Å². The van der Waals surface area contributed by atoms with Crippen molar-refractivity contribution in [2.24, 2.45) is 0 Å². The third kappa shape index (κ3) is 3.34. The van der Waals surface area contributed by atoms with E-state index in [1.54, 1.807) is 6.07 Å². The van der Waals surface area contributed by atoms with Crippen molar-refractivity contribution in [1.82, 2.24) is 0 Å². The molecular formula is C22H23NS. The number of benzene rings is 3. The summed E-state index contributed by atoms with van der Waals surface area (Å²) in [6.07, 6.45) is 0. The van der Waals surface area contributed by atoms with E-state index < -0.39 is 65.8 Å². The molecule has 0 aliphatic rings. The minimum Gasteiger partial charge on any atom is -0.332 e. The van der Waals surface area contributed by atoms with E-state index in [1.807, 2.05) is 20.8 Å². The molecule has 0 saturated heterocycles. The summed E-state index contributed by atoms with van der Waals surface area (Å²) < 4.78 is 84.5. The fraction of sp³-hybridized carbons (Fsp3) is 0.182. The first-order chi connectivity index (χ1) is 15.6. The Labute approximate surface area is 164 Å². The zero-order valence-electron chi connectivity index (χ0n) is 23.6. The second-order valence-corrected chi connectivity index (χ2v) is 6.53. The Balaban J connectivity index is 2.58. The van der Waals surface area contributed by atoms with Crippen molar-refractivity contribution in [1.29, 1.82) is 0 Å². The topological polar surface area (TPSA) is 12.0 Å². The van der Waals surface area contributed by atoms with Crippen molar-refractivity contribution in [2.45, 2.75) is 26.2 Å². The Morgan fingerprint density at radius 1 is 0.792 bits per heavy atom. The van der Waals surface area contributed by atoms with Crippen molar-refractivity contribution < 1.29 is 13.7 Å². The Bertz CT molecular complexity index is 1270. The monoisotopic (exact) mass is 343 g/mol.